The van der Waals surface area contributed by atoms with Crippen LogP contribution in [0, 0.1) is 0 Å². The number of halogens is 1. The molecule has 0 aromatic heterocycles. The Labute approximate surface area is 108 Å². The summed E-state index contributed by atoms with van der Waals surface area (Å²) in [6, 6.07) is 0.113. The van der Waals surface area contributed by atoms with Gasteiger partial charge in [0.1, 0.15) is 0 Å². The van der Waals surface area contributed by atoms with Crippen LogP contribution in [0.5, 0.6) is 0 Å². The number of carbonyl (C=O) groups excluding carboxylic acids is 1. The van der Waals surface area contributed by atoms with E-state index in [2.05, 4.69) is 10.2 Å². The molecular weight excluding hydrogens is 244 g/mol. The van der Waals surface area contributed by atoms with Crippen molar-refractivity contribution >= 4 is 30.1 Å². The van der Waals surface area contributed by atoms with Gasteiger partial charge in [0.2, 0.25) is 5.91 Å². The summed E-state index contributed by atoms with van der Waals surface area (Å²) in [5, 5.41) is 3.34. The Hall–Kier alpha value is 0.0700. The van der Waals surface area contributed by atoms with E-state index < -0.39 is 0 Å². The fraction of sp³-hybridized carbons (Fsp3) is 0.909. The molecule has 0 saturated carbocycles. The zero-order chi connectivity index (χ0) is 10.5. The zero-order valence-corrected chi connectivity index (χ0v) is 11.2. The molecule has 0 bridgehead atoms. The van der Waals surface area contributed by atoms with Gasteiger partial charge in [-0.1, -0.05) is 6.42 Å². The number of amides is 1. The highest BCUT2D eigenvalue weighted by Crippen LogP contribution is 2.14. The average Bonchev–Trinajstić information content (AvgIpc) is 2.58. The number of piperidine rings is 1. The summed E-state index contributed by atoms with van der Waals surface area (Å²) in [5.41, 5.74) is 0. The molecule has 2 aliphatic heterocycles. The number of nitrogens with zero attached hydrogens (tertiary/aromatic N) is 1. The number of nitrogens with one attached hydrogen (secondary N) is 1. The first-order chi connectivity index (χ1) is 7.38. The van der Waals surface area contributed by atoms with Gasteiger partial charge in [-0.3, -0.25) is 4.79 Å². The standard InChI is InChI=1S/C11H20N2OS.ClH/c14-11(10-4-1-2-5-12-10)13-6-3-8-15-9-7-13;/h10,12H,1-9H2;1H/t10-;/m1./s1. The van der Waals surface area contributed by atoms with Gasteiger partial charge < -0.3 is 10.2 Å². The molecule has 0 unspecified atom stereocenters. The molecule has 5 heteroatoms. The summed E-state index contributed by atoms with van der Waals surface area (Å²) >= 11 is 1.97. The maximum absolute atomic E-state index is 12.2. The Kier molecular flexibility index (Phi) is 6.54. The van der Waals surface area contributed by atoms with Gasteiger partial charge >= 0.3 is 0 Å². The summed E-state index contributed by atoms with van der Waals surface area (Å²) in [6.45, 7) is 2.92. The molecule has 1 N–H and O–H groups in total. The maximum atomic E-state index is 12.2. The first kappa shape index (κ1) is 14.1. The van der Waals surface area contributed by atoms with Gasteiger partial charge in [0.15, 0.2) is 0 Å². The van der Waals surface area contributed by atoms with Gasteiger partial charge in [-0.15, -0.1) is 12.4 Å². The van der Waals surface area contributed by atoms with Crippen molar-refractivity contribution in [3.63, 3.8) is 0 Å². The van der Waals surface area contributed by atoms with E-state index in [1.807, 2.05) is 11.8 Å². The van der Waals surface area contributed by atoms with Crippen LogP contribution in [0.25, 0.3) is 0 Å². The first-order valence-corrected chi connectivity index (χ1v) is 7.13. The molecule has 94 valence electrons. The molecule has 0 radical (unpaired) electrons. The zero-order valence-electron chi connectivity index (χ0n) is 9.61. The summed E-state index contributed by atoms with van der Waals surface area (Å²) in [6.07, 6.45) is 4.61. The third kappa shape index (κ3) is 3.82. The van der Waals surface area contributed by atoms with E-state index in [1.54, 1.807) is 0 Å². The van der Waals surface area contributed by atoms with Crippen molar-refractivity contribution in [2.24, 2.45) is 0 Å². The van der Waals surface area contributed by atoms with Gasteiger partial charge in [-0.05, 0) is 31.6 Å². The lowest BCUT2D eigenvalue weighted by atomic mass is 10.0. The molecule has 2 aliphatic rings. The largest absolute Gasteiger partial charge is 0.340 e. The SMILES string of the molecule is Cl.O=C([C@H]1CCCCN1)N1CCCSCC1. The van der Waals surface area contributed by atoms with Gasteiger partial charge in [0.05, 0.1) is 6.04 Å². The first-order valence-electron chi connectivity index (χ1n) is 5.98. The van der Waals surface area contributed by atoms with Crippen LogP contribution in [-0.2, 0) is 4.79 Å². The number of hydrogen-bond acceptors (Lipinski definition) is 3. The predicted molar refractivity (Wildman–Crippen MR) is 71.4 cm³/mol. The van der Waals surface area contributed by atoms with Gasteiger partial charge in [0.25, 0.3) is 0 Å². The Balaban J connectivity index is 0.00000128. The molecule has 0 aromatic rings. The maximum Gasteiger partial charge on any atom is 0.239 e. The lowest BCUT2D eigenvalue weighted by Gasteiger charge is -2.29. The normalized spacial score (nSPS) is 26.8. The van der Waals surface area contributed by atoms with Crippen molar-refractivity contribution < 1.29 is 4.79 Å². The number of rotatable bonds is 1. The van der Waals surface area contributed by atoms with Crippen molar-refractivity contribution in [3.05, 3.63) is 0 Å². The van der Waals surface area contributed by atoms with Crippen molar-refractivity contribution in [1.82, 2.24) is 10.2 Å². The molecule has 0 aromatic carbocycles. The van der Waals surface area contributed by atoms with Crippen LogP contribution in [0.15, 0.2) is 0 Å². The molecule has 1 amide bonds. The molecule has 0 aliphatic carbocycles. The number of carbonyl (C=O) groups is 1. The van der Waals surface area contributed by atoms with E-state index in [1.165, 1.54) is 18.6 Å². The van der Waals surface area contributed by atoms with E-state index in [0.717, 1.165) is 38.2 Å². The fourth-order valence-corrected chi connectivity index (χ4v) is 3.14. The Morgan fingerprint density at radius 3 is 2.81 bits per heavy atom. The predicted octanol–water partition coefficient (Wildman–Crippen LogP) is 1.52. The fourth-order valence-electron chi connectivity index (χ4n) is 2.25. The molecule has 2 fully saturated rings. The van der Waals surface area contributed by atoms with Gasteiger partial charge in [0, 0.05) is 18.8 Å². The van der Waals surface area contributed by atoms with Crippen LogP contribution in [0.2, 0.25) is 0 Å². The van der Waals surface area contributed by atoms with Crippen molar-refractivity contribution in [3.8, 4) is 0 Å². The topological polar surface area (TPSA) is 32.3 Å². The van der Waals surface area contributed by atoms with Crippen molar-refractivity contribution in [1.29, 1.82) is 0 Å². The Morgan fingerprint density at radius 1 is 1.19 bits per heavy atom. The highest BCUT2D eigenvalue weighted by Gasteiger charge is 2.25. The van der Waals surface area contributed by atoms with Gasteiger partial charge in [-0.2, -0.15) is 11.8 Å². The minimum atomic E-state index is 0. The molecule has 16 heavy (non-hydrogen) atoms. The number of thioether (sulfide) groups is 1. The molecular formula is C11H21ClN2OS. The molecule has 2 heterocycles. The quantitative estimate of drug-likeness (QED) is 0.779. The lowest BCUT2D eigenvalue weighted by molar-refractivity contribution is -0.133. The average molecular weight is 265 g/mol. The van der Waals surface area contributed by atoms with Crippen molar-refractivity contribution in [2.45, 2.75) is 31.7 Å². The van der Waals surface area contributed by atoms with Crippen LogP contribution in [0.1, 0.15) is 25.7 Å². The van der Waals surface area contributed by atoms with Crippen molar-refractivity contribution in [2.75, 3.05) is 31.1 Å². The Bertz CT molecular complexity index is 214. The van der Waals surface area contributed by atoms with Crippen LogP contribution in [0.3, 0.4) is 0 Å². The number of hydrogen-bond donors (Lipinski definition) is 1. The second-order valence-electron chi connectivity index (χ2n) is 4.29. The molecule has 3 nitrogen and oxygen atoms in total. The Morgan fingerprint density at radius 2 is 2.06 bits per heavy atom. The summed E-state index contributed by atoms with van der Waals surface area (Å²) < 4.78 is 0. The smallest absolute Gasteiger partial charge is 0.239 e. The summed E-state index contributed by atoms with van der Waals surface area (Å²) in [7, 11) is 0. The molecule has 1 atom stereocenters. The monoisotopic (exact) mass is 264 g/mol. The second kappa shape index (κ2) is 7.41. The minimum absolute atomic E-state index is 0. The van der Waals surface area contributed by atoms with Crippen LogP contribution in [-0.4, -0.2) is 48.0 Å². The highest BCUT2D eigenvalue weighted by atomic mass is 35.5. The lowest BCUT2D eigenvalue weighted by Crippen LogP contribution is -2.49. The van der Waals surface area contributed by atoms with Crippen LogP contribution < -0.4 is 5.32 Å². The second-order valence-corrected chi connectivity index (χ2v) is 5.52. The van der Waals surface area contributed by atoms with E-state index >= 15 is 0 Å². The van der Waals surface area contributed by atoms with Gasteiger partial charge in [-0.25, -0.2) is 0 Å². The molecule has 0 spiro atoms. The van der Waals surface area contributed by atoms with Crippen LogP contribution in [0.4, 0.5) is 0 Å². The summed E-state index contributed by atoms with van der Waals surface area (Å²) in [5.74, 6) is 2.66. The van der Waals surface area contributed by atoms with E-state index in [4.69, 9.17) is 0 Å². The molecule has 2 saturated heterocycles. The van der Waals surface area contributed by atoms with Crippen LogP contribution >= 0.6 is 24.2 Å². The van der Waals surface area contributed by atoms with E-state index in [0.29, 0.717) is 5.91 Å². The minimum Gasteiger partial charge on any atom is -0.340 e. The third-order valence-electron chi connectivity index (χ3n) is 3.14. The summed E-state index contributed by atoms with van der Waals surface area (Å²) in [4.78, 5) is 14.2. The van der Waals surface area contributed by atoms with E-state index in [-0.39, 0.29) is 18.4 Å². The molecule has 2 rings (SSSR count). The van der Waals surface area contributed by atoms with E-state index in [9.17, 15) is 4.79 Å². The highest BCUT2D eigenvalue weighted by molar-refractivity contribution is 7.99. The third-order valence-corrected chi connectivity index (χ3v) is 4.19.